The second-order valence-electron chi connectivity index (χ2n) is 4.44. The maximum Gasteiger partial charge on any atom is 0.0496 e. The van der Waals surface area contributed by atoms with Crippen LogP contribution in [0.1, 0.15) is 38.1 Å². The third-order valence-corrected chi connectivity index (χ3v) is 4.10. The number of rotatable bonds is 6. The molecular formula is C12H21NOS. The van der Waals surface area contributed by atoms with Crippen molar-refractivity contribution in [2.24, 2.45) is 5.41 Å². The van der Waals surface area contributed by atoms with Crippen molar-refractivity contribution < 1.29 is 5.11 Å². The summed E-state index contributed by atoms with van der Waals surface area (Å²) in [5.41, 5.74) is 0.00548. The summed E-state index contributed by atoms with van der Waals surface area (Å²) in [6.07, 6.45) is 0.994. The van der Waals surface area contributed by atoms with Crippen LogP contribution in [0, 0.1) is 5.41 Å². The molecule has 2 atom stereocenters. The molecule has 0 aliphatic rings. The van der Waals surface area contributed by atoms with Crippen LogP contribution in [0.2, 0.25) is 0 Å². The molecule has 0 aromatic carbocycles. The van der Waals surface area contributed by atoms with E-state index in [1.807, 2.05) is 0 Å². The van der Waals surface area contributed by atoms with Crippen molar-refractivity contribution in [3.8, 4) is 0 Å². The Kier molecular flexibility index (Phi) is 4.77. The Bertz CT molecular complexity index is 267. The molecule has 0 saturated carbocycles. The van der Waals surface area contributed by atoms with E-state index in [1.165, 1.54) is 4.88 Å². The Morgan fingerprint density at radius 3 is 2.80 bits per heavy atom. The van der Waals surface area contributed by atoms with Crippen molar-refractivity contribution in [1.29, 1.82) is 0 Å². The predicted molar refractivity (Wildman–Crippen MR) is 66.2 cm³/mol. The Morgan fingerprint density at radius 1 is 1.60 bits per heavy atom. The van der Waals surface area contributed by atoms with Crippen LogP contribution >= 0.6 is 11.3 Å². The SMILES string of the molecule is CCC(C)(CO)CN[C@@H](C)c1cccs1. The van der Waals surface area contributed by atoms with Gasteiger partial charge in [-0.15, -0.1) is 11.3 Å². The van der Waals surface area contributed by atoms with Crippen LogP contribution in [0.15, 0.2) is 17.5 Å². The quantitative estimate of drug-likeness (QED) is 0.783. The van der Waals surface area contributed by atoms with Gasteiger partial charge in [-0.25, -0.2) is 0 Å². The Labute approximate surface area is 96.3 Å². The van der Waals surface area contributed by atoms with Crippen molar-refractivity contribution >= 4 is 11.3 Å². The summed E-state index contributed by atoms with van der Waals surface area (Å²) in [5.74, 6) is 0. The average Bonchev–Trinajstić information content (AvgIpc) is 2.79. The maximum atomic E-state index is 9.29. The first-order valence-electron chi connectivity index (χ1n) is 5.49. The highest BCUT2D eigenvalue weighted by molar-refractivity contribution is 7.10. The monoisotopic (exact) mass is 227 g/mol. The molecule has 1 aromatic rings. The largest absolute Gasteiger partial charge is 0.396 e. The highest BCUT2D eigenvalue weighted by Gasteiger charge is 2.21. The zero-order valence-corrected chi connectivity index (χ0v) is 10.6. The van der Waals surface area contributed by atoms with Gasteiger partial charge in [-0.1, -0.05) is 19.9 Å². The van der Waals surface area contributed by atoms with Gasteiger partial charge in [-0.05, 0) is 24.8 Å². The fourth-order valence-corrected chi connectivity index (χ4v) is 2.09. The van der Waals surface area contributed by atoms with Crippen molar-refractivity contribution in [2.75, 3.05) is 13.2 Å². The normalized spacial score (nSPS) is 17.3. The van der Waals surface area contributed by atoms with Gasteiger partial charge in [-0.3, -0.25) is 0 Å². The van der Waals surface area contributed by atoms with Crippen LogP contribution in [-0.2, 0) is 0 Å². The van der Waals surface area contributed by atoms with Gasteiger partial charge < -0.3 is 10.4 Å². The van der Waals surface area contributed by atoms with E-state index >= 15 is 0 Å². The lowest BCUT2D eigenvalue weighted by Crippen LogP contribution is -2.35. The molecule has 0 spiro atoms. The molecule has 86 valence electrons. The summed E-state index contributed by atoms with van der Waals surface area (Å²) in [4.78, 5) is 1.35. The first kappa shape index (κ1) is 12.7. The molecule has 1 heterocycles. The minimum absolute atomic E-state index is 0.00548. The van der Waals surface area contributed by atoms with Crippen molar-refractivity contribution in [1.82, 2.24) is 5.32 Å². The third-order valence-electron chi connectivity index (χ3n) is 3.04. The number of nitrogens with one attached hydrogen (secondary N) is 1. The Morgan fingerprint density at radius 2 is 2.33 bits per heavy atom. The Hall–Kier alpha value is -0.380. The lowest BCUT2D eigenvalue weighted by atomic mass is 9.88. The molecule has 1 unspecified atom stereocenters. The van der Waals surface area contributed by atoms with E-state index < -0.39 is 0 Å². The van der Waals surface area contributed by atoms with Gasteiger partial charge in [0.05, 0.1) is 0 Å². The van der Waals surface area contributed by atoms with Crippen molar-refractivity contribution in [3.63, 3.8) is 0 Å². The third kappa shape index (κ3) is 3.59. The van der Waals surface area contributed by atoms with Gasteiger partial charge in [-0.2, -0.15) is 0 Å². The van der Waals surface area contributed by atoms with Gasteiger partial charge >= 0.3 is 0 Å². The summed E-state index contributed by atoms with van der Waals surface area (Å²) >= 11 is 1.77. The van der Waals surface area contributed by atoms with Crippen LogP contribution in [0.25, 0.3) is 0 Å². The zero-order valence-electron chi connectivity index (χ0n) is 9.79. The number of hydrogen-bond acceptors (Lipinski definition) is 3. The van der Waals surface area contributed by atoms with Crippen LogP contribution in [0.5, 0.6) is 0 Å². The van der Waals surface area contributed by atoms with Gasteiger partial charge in [0.1, 0.15) is 0 Å². The lowest BCUT2D eigenvalue weighted by molar-refractivity contribution is 0.132. The molecule has 1 aromatic heterocycles. The predicted octanol–water partition coefficient (Wildman–Crippen LogP) is 2.81. The molecule has 0 saturated heterocycles. The Balaban J connectivity index is 2.43. The molecule has 2 N–H and O–H groups in total. The summed E-state index contributed by atoms with van der Waals surface area (Å²) in [6, 6.07) is 4.59. The van der Waals surface area contributed by atoms with Gasteiger partial charge in [0.2, 0.25) is 0 Å². The number of hydrogen-bond donors (Lipinski definition) is 2. The van der Waals surface area contributed by atoms with Crippen LogP contribution in [0.3, 0.4) is 0 Å². The van der Waals surface area contributed by atoms with E-state index in [0.717, 1.165) is 13.0 Å². The van der Waals surface area contributed by atoms with Crippen LogP contribution in [-0.4, -0.2) is 18.3 Å². The smallest absolute Gasteiger partial charge is 0.0496 e. The van der Waals surface area contributed by atoms with E-state index in [0.29, 0.717) is 6.04 Å². The van der Waals surface area contributed by atoms with E-state index in [1.54, 1.807) is 11.3 Å². The molecule has 0 radical (unpaired) electrons. The van der Waals surface area contributed by atoms with E-state index in [9.17, 15) is 5.11 Å². The number of aliphatic hydroxyl groups excluding tert-OH is 1. The molecule has 3 heteroatoms. The molecule has 15 heavy (non-hydrogen) atoms. The van der Waals surface area contributed by atoms with E-state index in [-0.39, 0.29) is 12.0 Å². The summed E-state index contributed by atoms with van der Waals surface area (Å²) in [6.45, 7) is 7.50. The summed E-state index contributed by atoms with van der Waals surface area (Å²) in [7, 11) is 0. The number of aliphatic hydroxyl groups is 1. The minimum Gasteiger partial charge on any atom is -0.396 e. The fourth-order valence-electron chi connectivity index (χ4n) is 1.33. The van der Waals surface area contributed by atoms with Crippen molar-refractivity contribution in [3.05, 3.63) is 22.4 Å². The van der Waals surface area contributed by atoms with Crippen LogP contribution < -0.4 is 5.32 Å². The minimum atomic E-state index is 0.00548. The van der Waals surface area contributed by atoms with E-state index in [4.69, 9.17) is 0 Å². The molecule has 2 nitrogen and oxygen atoms in total. The van der Waals surface area contributed by atoms with Gasteiger partial charge in [0.25, 0.3) is 0 Å². The maximum absolute atomic E-state index is 9.29. The fraction of sp³-hybridized carbons (Fsp3) is 0.667. The number of thiophene rings is 1. The standard InChI is InChI=1S/C12H21NOS/c1-4-12(3,9-14)8-13-10(2)11-6-5-7-15-11/h5-7,10,13-14H,4,8-9H2,1-3H3/t10-,12?/m0/s1. The second-order valence-corrected chi connectivity index (χ2v) is 5.42. The zero-order chi connectivity index (χ0) is 11.3. The summed E-state index contributed by atoms with van der Waals surface area (Å²) in [5, 5.41) is 14.9. The molecular weight excluding hydrogens is 206 g/mol. The summed E-state index contributed by atoms with van der Waals surface area (Å²) < 4.78 is 0. The first-order chi connectivity index (χ1) is 7.11. The second kappa shape index (κ2) is 5.64. The highest BCUT2D eigenvalue weighted by Crippen LogP contribution is 2.22. The average molecular weight is 227 g/mol. The van der Waals surface area contributed by atoms with Crippen LogP contribution in [0.4, 0.5) is 0 Å². The molecule has 0 amide bonds. The van der Waals surface area contributed by atoms with E-state index in [2.05, 4.69) is 43.6 Å². The van der Waals surface area contributed by atoms with Gasteiger partial charge in [0.15, 0.2) is 0 Å². The van der Waals surface area contributed by atoms with Gasteiger partial charge in [0, 0.05) is 29.5 Å². The lowest BCUT2D eigenvalue weighted by Gasteiger charge is -2.27. The topological polar surface area (TPSA) is 32.3 Å². The highest BCUT2D eigenvalue weighted by atomic mass is 32.1. The molecule has 0 aliphatic carbocycles. The molecule has 1 rings (SSSR count). The molecule has 0 bridgehead atoms. The van der Waals surface area contributed by atoms with Crippen molar-refractivity contribution in [2.45, 2.75) is 33.2 Å². The first-order valence-corrected chi connectivity index (χ1v) is 6.37. The molecule has 0 aliphatic heterocycles. The molecule has 0 fully saturated rings.